The fourth-order valence-corrected chi connectivity index (χ4v) is 0.688. The Morgan fingerprint density at radius 2 is 1.93 bits per heavy atom. The van der Waals surface area contributed by atoms with Crippen LogP contribution in [0.15, 0.2) is 0 Å². The second-order valence-corrected chi connectivity index (χ2v) is 3.43. The number of aliphatic carboxylic acids is 1. The summed E-state index contributed by atoms with van der Waals surface area (Å²) in [5.41, 5.74) is 5.10. The van der Waals surface area contributed by atoms with Crippen LogP contribution in [-0.4, -0.2) is 36.1 Å². The van der Waals surface area contributed by atoms with Gasteiger partial charge in [0.1, 0.15) is 6.04 Å². The summed E-state index contributed by atoms with van der Waals surface area (Å²) in [7, 11) is -4.90. The summed E-state index contributed by atoms with van der Waals surface area (Å²) in [5, 5.41) is 8.23. The number of hydrogen-bond donors (Lipinski definition) is 3. The van der Waals surface area contributed by atoms with Gasteiger partial charge < -0.3 is 10.8 Å². The van der Waals surface area contributed by atoms with Gasteiger partial charge in [0.2, 0.25) is 0 Å². The van der Waals surface area contributed by atoms with Crippen LogP contribution in [0.2, 0.25) is 0 Å². The van der Waals surface area contributed by atoms with Gasteiger partial charge in [-0.15, -0.1) is 0 Å². The number of nitrogens with two attached hydrogens (primary N) is 1. The van der Waals surface area contributed by atoms with Crippen molar-refractivity contribution in [2.24, 2.45) is 5.73 Å². The molecule has 0 radical (unpaired) electrons. The average molecular weight is 243 g/mol. The van der Waals surface area contributed by atoms with Crippen molar-refractivity contribution in [3.8, 4) is 0 Å². The topological polar surface area (TPSA) is 153 Å². The van der Waals surface area contributed by atoms with Crippen molar-refractivity contribution in [2.45, 2.75) is 18.9 Å². The summed E-state index contributed by atoms with van der Waals surface area (Å²) in [6, 6.07) is -1.34. The standard InChI is InChI=1S/C5H9NO8S/c6-3(1-2-4(7)8)5(9)13-14-15(10,11)12/h3H,1-2,6H2,(H,7,8)(H,10,11,12). The molecule has 9 nitrogen and oxygen atoms in total. The number of carboxylic acids is 1. The predicted molar refractivity (Wildman–Crippen MR) is 43.6 cm³/mol. The second-order valence-electron chi connectivity index (χ2n) is 2.44. The molecule has 0 fully saturated rings. The predicted octanol–water partition coefficient (Wildman–Crippen LogP) is -1.54. The molecule has 0 aliphatic heterocycles. The maximum atomic E-state index is 10.8. The number of carbonyl (C=O) groups is 2. The zero-order valence-corrected chi connectivity index (χ0v) is 8.14. The van der Waals surface area contributed by atoms with Gasteiger partial charge in [0.25, 0.3) is 0 Å². The van der Waals surface area contributed by atoms with Crippen LogP contribution in [-0.2, 0) is 29.2 Å². The first-order valence-corrected chi connectivity index (χ1v) is 4.93. The van der Waals surface area contributed by atoms with Gasteiger partial charge in [-0.3, -0.25) is 14.2 Å². The molecular weight excluding hydrogens is 234 g/mol. The van der Waals surface area contributed by atoms with Gasteiger partial charge in [0.15, 0.2) is 0 Å². The maximum absolute atomic E-state index is 10.8. The summed E-state index contributed by atoms with van der Waals surface area (Å²) in [6.07, 6.45) is -0.634. The summed E-state index contributed by atoms with van der Waals surface area (Å²) >= 11 is 0. The second kappa shape index (κ2) is 5.60. The van der Waals surface area contributed by atoms with Gasteiger partial charge in [0.05, 0.1) is 0 Å². The van der Waals surface area contributed by atoms with E-state index >= 15 is 0 Å². The largest absolute Gasteiger partial charge is 0.481 e. The van der Waals surface area contributed by atoms with E-state index in [-0.39, 0.29) is 12.8 Å². The Morgan fingerprint density at radius 3 is 2.33 bits per heavy atom. The molecule has 4 N–H and O–H groups in total. The number of hydrogen-bond acceptors (Lipinski definition) is 7. The highest BCUT2D eigenvalue weighted by molar-refractivity contribution is 7.80. The molecule has 0 aliphatic rings. The van der Waals surface area contributed by atoms with E-state index in [0.717, 1.165) is 0 Å². The van der Waals surface area contributed by atoms with E-state index in [2.05, 4.69) is 9.22 Å². The molecule has 10 heteroatoms. The molecular formula is C5H9NO8S. The third-order valence-corrected chi connectivity index (χ3v) is 1.41. The Morgan fingerprint density at radius 1 is 1.40 bits per heavy atom. The molecule has 0 saturated heterocycles. The third kappa shape index (κ3) is 7.81. The maximum Gasteiger partial charge on any atom is 0.432 e. The monoisotopic (exact) mass is 243 g/mol. The lowest BCUT2D eigenvalue weighted by Crippen LogP contribution is -2.33. The van der Waals surface area contributed by atoms with Crippen LogP contribution >= 0.6 is 0 Å². The Kier molecular flexibility index (Phi) is 5.14. The molecule has 0 saturated carbocycles. The van der Waals surface area contributed by atoms with Gasteiger partial charge in [-0.1, -0.05) is 0 Å². The van der Waals surface area contributed by atoms with E-state index in [0.29, 0.717) is 0 Å². The van der Waals surface area contributed by atoms with E-state index in [1.807, 2.05) is 0 Å². The molecule has 88 valence electrons. The minimum Gasteiger partial charge on any atom is -0.481 e. The molecule has 0 aromatic carbocycles. The highest BCUT2D eigenvalue weighted by atomic mass is 32.3. The highest BCUT2D eigenvalue weighted by Crippen LogP contribution is 1.99. The van der Waals surface area contributed by atoms with Crippen molar-refractivity contribution < 1.29 is 36.9 Å². The van der Waals surface area contributed by atoms with Crippen LogP contribution in [0.1, 0.15) is 12.8 Å². The zero-order chi connectivity index (χ0) is 12.1. The Labute approximate surface area is 84.7 Å². The van der Waals surface area contributed by atoms with Crippen LogP contribution in [0, 0.1) is 0 Å². The number of carboxylic acid groups (broad SMARTS) is 1. The van der Waals surface area contributed by atoms with Crippen molar-refractivity contribution in [3.63, 3.8) is 0 Å². The van der Waals surface area contributed by atoms with Gasteiger partial charge in [0, 0.05) is 6.42 Å². The normalized spacial score (nSPS) is 13.2. The zero-order valence-electron chi connectivity index (χ0n) is 7.32. The van der Waals surface area contributed by atoms with E-state index < -0.39 is 28.4 Å². The minimum absolute atomic E-state index is 0.247. The number of carbonyl (C=O) groups excluding carboxylic acids is 1. The fourth-order valence-electron chi connectivity index (χ4n) is 0.535. The molecule has 0 rings (SSSR count). The fraction of sp³-hybridized carbons (Fsp3) is 0.600. The van der Waals surface area contributed by atoms with Gasteiger partial charge in [-0.25, -0.2) is 4.79 Å². The first-order chi connectivity index (χ1) is 6.72. The van der Waals surface area contributed by atoms with E-state index in [1.165, 1.54) is 0 Å². The van der Waals surface area contributed by atoms with E-state index in [1.54, 1.807) is 0 Å². The third-order valence-electron chi connectivity index (χ3n) is 1.17. The van der Waals surface area contributed by atoms with Crippen molar-refractivity contribution in [1.29, 1.82) is 0 Å². The van der Waals surface area contributed by atoms with E-state index in [4.69, 9.17) is 15.4 Å². The van der Waals surface area contributed by atoms with Gasteiger partial charge in [-0.2, -0.15) is 8.42 Å². The SMILES string of the molecule is NC(CCC(=O)O)C(=O)OOS(=O)(=O)O. The van der Waals surface area contributed by atoms with Crippen molar-refractivity contribution in [2.75, 3.05) is 0 Å². The van der Waals surface area contributed by atoms with Gasteiger partial charge in [-0.05, 0) is 10.8 Å². The summed E-state index contributed by atoms with van der Waals surface area (Å²) in [4.78, 5) is 24.4. The van der Waals surface area contributed by atoms with Crippen LogP contribution in [0.5, 0.6) is 0 Å². The van der Waals surface area contributed by atoms with Crippen molar-refractivity contribution in [3.05, 3.63) is 0 Å². The van der Waals surface area contributed by atoms with E-state index in [9.17, 15) is 18.0 Å². The van der Waals surface area contributed by atoms with Crippen LogP contribution in [0.3, 0.4) is 0 Å². The summed E-state index contributed by atoms with van der Waals surface area (Å²) in [6.45, 7) is 0. The Balaban J connectivity index is 3.95. The van der Waals surface area contributed by atoms with Crippen molar-refractivity contribution >= 4 is 22.3 Å². The number of rotatable bonds is 6. The molecule has 0 amide bonds. The lowest BCUT2D eigenvalue weighted by Gasteiger charge is -2.06. The van der Waals surface area contributed by atoms with Crippen LogP contribution < -0.4 is 5.73 Å². The van der Waals surface area contributed by atoms with Gasteiger partial charge >= 0.3 is 22.3 Å². The molecule has 0 bridgehead atoms. The molecule has 0 aliphatic carbocycles. The lowest BCUT2D eigenvalue weighted by molar-refractivity contribution is -0.216. The average Bonchev–Trinajstić information content (AvgIpc) is 2.08. The van der Waals surface area contributed by atoms with Crippen LogP contribution in [0.25, 0.3) is 0 Å². The Hall–Kier alpha value is -1.23. The Bertz CT molecular complexity index is 335. The highest BCUT2D eigenvalue weighted by Gasteiger charge is 2.20. The smallest absolute Gasteiger partial charge is 0.432 e. The summed E-state index contributed by atoms with van der Waals surface area (Å²) in [5.74, 6) is -2.47. The molecule has 0 heterocycles. The first kappa shape index (κ1) is 13.8. The molecule has 0 aromatic heterocycles. The molecule has 0 spiro atoms. The molecule has 15 heavy (non-hydrogen) atoms. The molecule has 1 unspecified atom stereocenters. The molecule has 1 atom stereocenters. The lowest BCUT2D eigenvalue weighted by atomic mass is 10.2. The van der Waals surface area contributed by atoms with Crippen molar-refractivity contribution in [1.82, 2.24) is 0 Å². The first-order valence-electron chi connectivity index (χ1n) is 3.57. The molecule has 0 aromatic rings. The minimum atomic E-state index is -4.90. The summed E-state index contributed by atoms with van der Waals surface area (Å²) < 4.78 is 31.2. The van der Waals surface area contributed by atoms with Crippen LogP contribution in [0.4, 0.5) is 0 Å². The quantitative estimate of drug-likeness (QED) is 0.286.